The van der Waals surface area contributed by atoms with Crippen molar-refractivity contribution < 1.29 is 19.1 Å². The fraction of sp³-hybridized carbons (Fsp3) is 0.571. The normalized spacial score (nSPS) is 12.4. The van der Waals surface area contributed by atoms with Gasteiger partial charge in [-0.05, 0) is 37.8 Å². The minimum Gasteiger partial charge on any atom is -0.475 e. The van der Waals surface area contributed by atoms with Gasteiger partial charge in [-0.3, -0.25) is 4.79 Å². The summed E-state index contributed by atoms with van der Waals surface area (Å²) in [6.45, 7) is 6.29. The Kier molecular flexibility index (Phi) is 6.64. The summed E-state index contributed by atoms with van der Waals surface area (Å²) in [6.07, 6.45) is 2.03. The van der Waals surface area contributed by atoms with E-state index in [1.807, 2.05) is 6.92 Å². The first-order valence-corrected chi connectivity index (χ1v) is 7.62. The highest BCUT2D eigenvalue weighted by Gasteiger charge is 2.12. The number of nitrogens with one attached hydrogen (secondary N) is 1. The molecule has 0 aliphatic rings. The van der Waals surface area contributed by atoms with Crippen molar-refractivity contribution >= 4 is 23.6 Å². The number of hydrogen-bond donors (Lipinski definition) is 2. The van der Waals surface area contributed by atoms with E-state index in [9.17, 15) is 9.59 Å². The molecule has 1 aromatic heterocycles. The predicted molar refractivity (Wildman–Crippen MR) is 78.1 cm³/mol. The molecule has 0 radical (unpaired) electrons. The van der Waals surface area contributed by atoms with Crippen molar-refractivity contribution in [3.05, 3.63) is 17.9 Å². The van der Waals surface area contributed by atoms with Gasteiger partial charge in [-0.1, -0.05) is 25.6 Å². The molecule has 1 unspecified atom stereocenters. The van der Waals surface area contributed by atoms with Gasteiger partial charge in [0.05, 0.1) is 5.75 Å². The van der Waals surface area contributed by atoms with Crippen molar-refractivity contribution in [3.63, 3.8) is 0 Å². The van der Waals surface area contributed by atoms with Crippen molar-refractivity contribution in [2.75, 3.05) is 5.75 Å². The average Bonchev–Trinajstić information content (AvgIpc) is 2.83. The zero-order valence-corrected chi connectivity index (χ0v) is 12.8. The molecule has 6 heteroatoms. The lowest BCUT2D eigenvalue weighted by Crippen LogP contribution is -2.33. The number of furan rings is 1. The predicted octanol–water partition coefficient (Wildman–Crippen LogP) is 3.01. The summed E-state index contributed by atoms with van der Waals surface area (Å²) in [5, 5.41) is 12.1. The van der Waals surface area contributed by atoms with Crippen molar-refractivity contribution in [2.45, 2.75) is 44.7 Å². The van der Waals surface area contributed by atoms with Crippen LogP contribution in [0.25, 0.3) is 0 Å². The number of carboxylic acids is 1. The maximum absolute atomic E-state index is 11.7. The van der Waals surface area contributed by atoms with Crippen LogP contribution in [0.3, 0.4) is 0 Å². The van der Waals surface area contributed by atoms with Gasteiger partial charge in [-0.25, -0.2) is 4.79 Å². The second-order valence-electron chi connectivity index (χ2n) is 5.15. The summed E-state index contributed by atoms with van der Waals surface area (Å²) in [7, 11) is 0. The molecule has 0 spiro atoms. The largest absolute Gasteiger partial charge is 0.475 e. The highest BCUT2D eigenvalue weighted by atomic mass is 32.2. The monoisotopic (exact) mass is 299 g/mol. The summed E-state index contributed by atoms with van der Waals surface area (Å²) in [6, 6.07) is 3.09. The second kappa shape index (κ2) is 7.99. The Morgan fingerprint density at radius 3 is 2.55 bits per heavy atom. The van der Waals surface area contributed by atoms with Gasteiger partial charge in [0.2, 0.25) is 11.7 Å². The van der Waals surface area contributed by atoms with Crippen LogP contribution in [0, 0.1) is 5.92 Å². The molecule has 1 aromatic rings. The van der Waals surface area contributed by atoms with Gasteiger partial charge in [0.15, 0.2) is 5.09 Å². The molecule has 1 atom stereocenters. The highest BCUT2D eigenvalue weighted by molar-refractivity contribution is 7.99. The zero-order chi connectivity index (χ0) is 15.1. The van der Waals surface area contributed by atoms with Crippen LogP contribution in [-0.4, -0.2) is 28.8 Å². The Hall–Kier alpha value is -1.43. The number of carbonyl (C=O) groups excluding carboxylic acids is 1. The lowest BCUT2D eigenvalue weighted by Gasteiger charge is -2.14. The molecule has 0 fully saturated rings. The molecular weight excluding hydrogens is 278 g/mol. The van der Waals surface area contributed by atoms with Gasteiger partial charge in [0, 0.05) is 6.04 Å². The van der Waals surface area contributed by atoms with Crippen LogP contribution in [0.4, 0.5) is 0 Å². The van der Waals surface area contributed by atoms with Gasteiger partial charge in [-0.2, -0.15) is 0 Å². The van der Waals surface area contributed by atoms with E-state index in [0.717, 1.165) is 12.8 Å². The maximum atomic E-state index is 11.7. The third-order valence-electron chi connectivity index (χ3n) is 2.72. The highest BCUT2D eigenvalue weighted by Crippen LogP contribution is 2.20. The smallest absolute Gasteiger partial charge is 0.371 e. The van der Waals surface area contributed by atoms with Crippen LogP contribution >= 0.6 is 11.8 Å². The SMILES string of the molecule is CC(C)CCC(C)NC(=O)CSc1ccc(C(=O)O)o1. The summed E-state index contributed by atoms with van der Waals surface area (Å²) < 4.78 is 5.06. The van der Waals surface area contributed by atoms with E-state index in [2.05, 4.69) is 19.2 Å². The Bertz CT molecular complexity index is 456. The van der Waals surface area contributed by atoms with Gasteiger partial charge in [0.25, 0.3) is 0 Å². The van der Waals surface area contributed by atoms with Crippen molar-refractivity contribution in [2.24, 2.45) is 5.92 Å². The van der Waals surface area contributed by atoms with Crippen LogP contribution in [-0.2, 0) is 4.79 Å². The van der Waals surface area contributed by atoms with Gasteiger partial charge < -0.3 is 14.8 Å². The number of amides is 1. The zero-order valence-electron chi connectivity index (χ0n) is 12.0. The summed E-state index contributed by atoms with van der Waals surface area (Å²) >= 11 is 1.19. The molecule has 0 aliphatic heterocycles. The first kappa shape index (κ1) is 16.6. The van der Waals surface area contributed by atoms with Crippen molar-refractivity contribution in [1.82, 2.24) is 5.32 Å². The summed E-state index contributed by atoms with van der Waals surface area (Å²) in [5.41, 5.74) is 0. The summed E-state index contributed by atoms with van der Waals surface area (Å²) in [4.78, 5) is 22.4. The van der Waals surface area contributed by atoms with E-state index >= 15 is 0 Å². The van der Waals surface area contributed by atoms with E-state index in [1.165, 1.54) is 17.8 Å². The second-order valence-corrected chi connectivity index (χ2v) is 6.13. The molecule has 0 aliphatic carbocycles. The van der Waals surface area contributed by atoms with Crippen LogP contribution in [0.15, 0.2) is 21.6 Å². The Morgan fingerprint density at radius 1 is 1.30 bits per heavy atom. The number of carboxylic acid groups (broad SMARTS) is 1. The Labute approximate surface area is 123 Å². The lowest BCUT2D eigenvalue weighted by molar-refractivity contribution is -0.119. The molecular formula is C14H21NO4S. The number of hydrogen-bond acceptors (Lipinski definition) is 4. The van der Waals surface area contributed by atoms with Crippen LogP contribution in [0.2, 0.25) is 0 Å². The Balaban J connectivity index is 2.30. The molecule has 5 nitrogen and oxygen atoms in total. The molecule has 0 aromatic carbocycles. The van der Waals surface area contributed by atoms with E-state index < -0.39 is 5.97 Å². The van der Waals surface area contributed by atoms with E-state index in [-0.39, 0.29) is 23.5 Å². The van der Waals surface area contributed by atoms with Gasteiger partial charge >= 0.3 is 5.97 Å². The number of rotatable bonds is 8. The van der Waals surface area contributed by atoms with E-state index in [4.69, 9.17) is 9.52 Å². The number of carbonyl (C=O) groups is 2. The fourth-order valence-electron chi connectivity index (χ4n) is 1.62. The lowest BCUT2D eigenvalue weighted by atomic mass is 10.0. The van der Waals surface area contributed by atoms with Crippen LogP contribution in [0.5, 0.6) is 0 Å². The minimum absolute atomic E-state index is 0.0699. The van der Waals surface area contributed by atoms with Gasteiger partial charge in [-0.15, -0.1) is 0 Å². The van der Waals surface area contributed by atoms with Gasteiger partial charge in [0.1, 0.15) is 0 Å². The third kappa shape index (κ3) is 6.14. The molecule has 0 bridgehead atoms. The maximum Gasteiger partial charge on any atom is 0.371 e. The first-order chi connectivity index (χ1) is 9.38. The molecule has 0 saturated heterocycles. The van der Waals surface area contributed by atoms with Crippen molar-refractivity contribution in [1.29, 1.82) is 0 Å². The number of aromatic carboxylic acids is 1. The molecule has 2 N–H and O–H groups in total. The van der Waals surface area contributed by atoms with Crippen LogP contribution < -0.4 is 5.32 Å². The molecule has 0 saturated carbocycles. The average molecular weight is 299 g/mol. The standard InChI is InChI=1S/C14H21NO4S/c1-9(2)4-5-10(3)15-12(16)8-20-13-7-6-11(19-13)14(17)18/h6-7,9-10H,4-5,8H2,1-3H3,(H,15,16)(H,17,18). The third-order valence-corrected chi connectivity index (χ3v) is 3.63. The topological polar surface area (TPSA) is 79.5 Å². The summed E-state index contributed by atoms with van der Waals surface area (Å²) in [5.74, 6) is -0.443. The molecule has 1 heterocycles. The van der Waals surface area contributed by atoms with E-state index in [1.54, 1.807) is 6.07 Å². The molecule has 20 heavy (non-hydrogen) atoms. The molecule has 1 amide bonds. The van der Waals surface area contributed by atoms with E-state index in [0.29, 0.717) is 11.0 Å². The molecule has 112 valence electrons. The molecule has 1 rings (SSSR count). The number of thioether (sulfide) groups is 1. The van der Waals surface area contributed by atoms with Crippen LogP contribution in [0.1, 0.15) is 44.2 Å². The fourth-order valence-corrected chi connectivity index (χ4v) is 2.29. The first-order valence-electron chi connectivity index (χ1n) is 6.63. The Morgan fingerprint density at radius 2 is 2.00 bits per heavy atom. The quantitative estimate of drug-likeness (QED) is 0.721. The minimum atomic E-state index is -1.11. The van der Waals surface area contributed by atoms with Crippen molar-refractivity contribution in [3.8, 4) is 0 Å².